The fourth-order valence-electron chi connectivity index (χ4n) is 2.30. The summed E-state index contributed by atoms with van der Waals surface area (Å²) in [6, 6.07) is 1.50. The normalized spacial score (nSPS) is 19.4. The van der Waals surface area contributed by atoms with Crippen molar-refractivity contribution in [2.75, 3.05) is 33.3 Å². The fraction of sp³-hybridized carbons (Fsp3) is 0.615. The van der Waals surface area contributed by atoms with Gasteiger partial charge in [0.25, 0.3) is 0 Å². The number of hydrogen-bond donors (Lipinski definition) is 1. The van der Waals surface area contributed by atoms with Crippen molar-refractivity contribution in [2.45, 2.75) is 18.8 Å². The molecule has 1 atom stereocenters. The lowest BCUT2D eigenvalue weighted by atomic mass is 10.2. The molecule has 0 amide bonds. The first-order chi connectivity index (χ1) is 9.10. The van der Waals surface area contributed by atoms with Crippen molar-refractivity contribution in [3.8, 4) is 5.88 Å². The van der Waals surface area contributed by atoms with Crippen molar-refractivity contribution in [1.82, 2.24) is 14.8 Å². The number of piperazine rings is 1. The Balaban J connectivity index is 1.97. The van der Waals surface area contributed by atoms with E-state index in [2.05, 4.69) is 34.3 Å². The quantitative estimate of drug-likeness (QED) is 0.851. The SMILES string of the molecule is COc1ncc(F)cc1CN1CCN(C(C)S)CC1. The molecule has 1 saturated heterocycles. The predicted molar refractivity (Wildman–Crippen MR) is 76.0 cm³/mol. The van der Waals surface area contributed by atoms with E-state index in [1.165, 1.54) is 12.3 Å². The summed E-state index contributed by atoms with van der Waals surface area (Å²) in [5.74, 6) is 0.185. The fourth-order valence-corrected chi connectivity index (χ4v) is 2.53. The third-order valence-corrected chi connectivity index (χ3v) is 3.74. The van der Waals surface area contributed by atoms with Gasteiger partial charge in [-0.05, 0) is 13.0 Å². The van der Waals surface area contributed by atoms with E-state index < -0.39 is 0 Å². The first-order valence-electron chi connectivity index (χ1n) is 6.43. The smallest absolute Gasteiger partial charge is 0.217 e. The Labute approximate surface area is 119 Å². The molecule has 2 rings (SSSR count). The van der Waals surface area contributed by atoms with Crippen LogP contribution in [0.1, 0.15) is 12.5 Å². The number of methoxy groups -OCH3 is 1. The van der Waals surface area contributed by atoms with E-state index in [0.29, 0.717) is 12.4 Å². The summed E-state index contributed by atoms with van der Waals surface area (Å²) < 4.78 is 18.4. The summed E-state index contributed by atoms with van der Waals surface area (Å²) in [4.78, 5) is 8.56. The van der Waals surface area contributed by atoms with Crippen LogP contribution in [-0.4, -0.2) is 53.4 Å². The molecular formula is C13H20FN3OS. The van der Waals surface area contributed by atoms with Crippen LogP contribution in [-0.2, 0) is 6.54 Å². The number of hydrogen-bond acceptors (Lipinski definition) is 5. The number of ether oxygens (including phenoxy) is 1. The van der Waals surface area contributed by atoms with Crippen LogP contribution in [0, 0.1) is 5.82 Å². The molecule has 106 valence electrons. The van der Waals surface area contributed by atoms with Crippen LogP contribution in [0.5, 0.6) is 5.88 Å². The van der Waals surface area contributed by atoms with Crippen LogP contribution in [0.4, 0.5) is 4.39 Å². The lowest BCUT2D eigenvalue weighted by Crippen LogP contribution is -2.47. The lowest BCUT2D eigenvalue weighted by Gasteiger charge is -2.36. The molecule has 0 N–H and O–H groups in total. The average Bonchev–Trinajstić information content (AvgIpc) is 2.39. The summed E-state index contributed by atoms with van der Waals surface area (Å²) in [5, 5.41) is 0.285. The second-order valence-corrected chi connectivity index (χ2v) is 5.51. The Morgan fingerprint density at radius 2 is 2.11 bits per heavy atom. The molecule has 0 aliphatic carbocycles. The summed E-state index contributed by atoms with van der Waals surface area (Å²) in [6.07, 6.45) is 1.18. The van der Waals surface area contributed by atoms with Gasteiger partial charge in [-0.25, -0.2) is 9.37 Å². The summed E-state index contributed by atoms with van der Waals surface area (Å²) >= 11 is 4.44. The molecule has 0 bridgehead atoms. The van der Waals surface area contributed by atoms with E-state index in [1.807, 2.05) is 0 Å². The van der Waals surface area contributed by atoms with Crippen molar-refractivity contribution in [3.05, 3.63) is 23.6 Å². The molecule has 1 unspecified atom stereocenters. The van der Waals surface area contributed by atoms with E-state index in [9.17, 15) is 4.39 Å². The molecule has 1 aliphatic heterocycles. The highest BCUT2D eigenvalue weighted by Crippen LogP contribution is 2.19. The molecule has 1 aromatic heterocycles. The predicted octanol–water partition coefficient (Wildman–Crippen LogP) is 1.62. The highest BCUT2D eigenvalue weighted by atomic mass is 32.1. The van der Waals surface area contributed by atoms with E-state index in [4.69, 9.17) is 4.74 Å². The number of halogens is 1. The first-order valence-corrected chi connectivity index (χ1v) is 6.94. The van der Waals surface area contributed by atoms with Crippen LogP contribution >= 0.6 is 12.6 Å². The van der Waals surface area contributed by atoms with Gasteiger partial charge in [-0.2, -0.15) is 12.6 Å². The van der Waals surface area contributed by atoms with Crippen molar-refractivity contribution in [1.29, 1.82) is 0 Å². The molecule has 1 aromatic rings. The van der Waals surface area contributed by atoms with Crippen LogP contribution in [0.15, 0.2) is 12.3 Å². The maximum Gasteiger partial charge on any atom is 0.217 e. The minimum Gasteiger partial charge on any atom is -0.481 e. The van der Waals surface area contributed by atoms with E-state index >= 15 is 0 Å². The topological polar surface area (TPSA) is 28.6 Å². The zero-order chi connectivity index (χ0) is 13.8. The molecule has 1 aliphatic rings. The molecule has 0 radical (unpaired) electrons. The zero-order valence-corrected chi connectivity index (χ0v) is 12.2. The average molecular weight is 285 g/mol. The largest absolute Gasteiger partial charge is 0.481 e. The third-order valence-electron chi connectivity index (χ3n) is 3.41. The molecule has 1 fully saturated rings. The van der Waals surface area contributed by atoms with Gasteiger partial charge in [-0.15, -0.1) is 0 Å². The van der Waals surface area contributed by atoms with Gasteiger partial charge in [0.1, 0.15) is 5.82 Å². The Kier molecular flexibility index (Phi) is 5.01. The van der Waals surface area contributed by atoms with Crippen LogP contribution < -0.4 is 4.74 Å². The standard InChI is InChI=1S/C13H20FN3OS/c1-10(19)17-5-3-16(4-6-17)9-11-7-12(14)8-15-13(11)18-2/h7-8,10,19H,3-6,9H2,1-2H3. The number of pyridine rings is 1. The maximum absolute atomic E-state index is 13.3. The second-order valence-electron chi connectivity index (χ2n) is 4.77. The molecule has 0 aromatic carbocycles. The number of aromatic nitrogens is 1. The number of rotatable bonds is 4. The Hall–Kier alpha value is -0.850. The summed E-state index contributed by atoms with van der Waals surface area (Å²) in [5.41, 5.74) is 0.801. The van der Waals surface area contributed by atoms with Gasteiger partial charge in [0.05, 0.1) is 13.3 Å². The minimum absolute atomic E-state index is 0.285. The minimum atomic E-state index is -0.321. The van der Waals surface area contributed by atoms with Crippen molar-refractivity contribution < 1.29 is 9.13 Å². The van der Waals surface area contributed by atoms with E-state index in [-0.39, 0.29) is 11.2 Å². The first kappa shape index (κ1) is 14.6. The van der Waals surface area contributed by atoms with E-state index in [1.54, 1.807) is 7.11 Å². The molecule has 0 saturated carbocycles. The van der Waals surface area contributed by atoms with Gasteiger partial charge in [0, 0.05) is 43.7 Å². The monoisotopic (exact) mass is 285 g/mol. The maximum atomic E-state index is 13.3. The summed E-state index contributed by atoms with van der Waals surface area (Å²) in [7, 11) is 1.56. The lowest BCUT2D eigenvalue weighted by molar-refractivity contribution is 0.122. The van der Waals surface area contributed by atoms with Crippen LogP contribution in [0.3, 0.4) is 0 Å². The van der Waals surface area contributed by atoms with Crippen LogP contribution in [0.2, 0.25) is 0 Å². The van der Waals surface area contributed by atoms with Gasteiger partial charge in [0.15, 0.2) is 0 Å². The molecule has 2 heterocycles. The molecule has 19 heavy (non-hydrogen) atoms. The van der Waals surface area contributed by atoms with Crippen LogP contribution in [0.25, 0.3) is 0 Å². The Bertz CT molecular complexity index is 422. The molecule has 6 heteroatoms. The van der Waals surface area contributed by atoms with Gasteiger partial charge in [0.2, 0.25) is 5.88 Å². The van der Waals surface area contributed by atoms with Crippen molar-refractivity contribution >= 4 is 12.6 Å². The van der Waals surface area contributed by atoms with Gasteiger partial charge in [-0.3, -0.25) is 9.80 Å². The molecular weight excluding hydrogens is 265 g/mol. The number of thiol groups is 1. The van der Waals surface area contributed by atoms with Crippen molar-refractivity contribution in [3.63, 3.8) is 0 Å². The van der Waals surface area contributed by atoms with Gasteiger partial charge < -0.3 is 4.74 Å². The highest BCUT2D eigenvalue weighted by molar-refractivity contribution is 7.80. The van der Waals surface area contributed by atoms with Gasteiger partial charge in [-0.1, -0.05) is 0 Å². The second kappa shape index (κ2) is 6.54. The molecule has 0 spiro atoms. The third kappa shape index (κ3) is 3.81. The van der Waals surface area contributed by atoms with Crippen molar-refractivity contribution in [2.24, 2.45) is 0 Å². The summed E-state index contributed by atoms with van der Waals surface area (Å²) in [6.45, 7) is 6.61. The Morgan fingerprint density at radius 1 is 1.42 bits per heavy atom. The zero-order valence-electron chi connectivity index (χ0n) is 11.3. The van der Waals surface area contributed by atoms with E-state index in [0.717, 1.165) is 31.7 Å². The van der Waals surface area contributed by atoms with Gasteiger partial charge >= 0.3 is 0 Å². The Morgan fingerprint density at radius 3 is 2.68 bits per heavy atom. The highest BCUT2D eigenvalue weighted by Gasteiger charge is 2.20. The number of nitrogens with zero attached hydrogens (tertiary/aromatic N) is 3. The molecule has 4 nitrogen and oxygen atoms in total.